The molecule has 22 heavy (non-hydrogen) atoms. The molecule has 3 nitrogen and oxygen atoms in total. The number of hydrogen-bond donors (Lipinski definition) is 2. The minimum Gasteiger partial charge on any atom is -0.388 e. The Labute approximate surface area is 133 Å². The van der Waals surface area contributed by atoms with Gasteiger partial charge in [0.05, 0.1) is 11.5 Å². The molecule has 2 rings (SSSR count). The minimum atomic E-state index is -0.639. The van der Waals surface area contributed by atoms with Gasteiger partial charge in [-0.2, -0.15) is 0 Å². The molecule has 0 radical (unpaired) electrons. The largest absolute Gasteiger partial charge is 0.388 e. The van der Waals surface area contributed by atoms with E-state index in [-0.39, 0.29) is 11.8 Å². The van der Waals surface area contributed by atoms with E-state index in [9.17, 15) is 9.90 Å². The van der Waals surface area contributed by atoms with E-state index < -0.39 is 11.5 Å². The number of primary amides is 1. The molecule has 0 aliphatic heterocycles. The maximum atomic E-state index is 12.4. The minimum absolute atomic E-state index is 0.243. The second-order valence-corrected chi connectivity index (χ2v) is 7.39. The van der Waals surface area contributed by atoms with Crippen molar-refractivity contribution in [3.63, 3.8) is 0 Å². The van der Waals surface area contributed by atoms with E-state index in [1.54, 1.807) is 0 Å². The second-order valence-electron chi connectivity index (χ2n) is 7.39. The fourth-order valence-electron chi connectivity index (χ4n) is 4.34. The molecule has 0 spiro atoms. The Kier molecular flexibility index (Phi) is 5.28. The Hall–Kier alpha value is -1.35. The molecule has 1 amide bonds. The molecule has 0 bridgehead atoms. The van der Waals surface area contributed by atoms with Gasteiger partial charge in [-0.05, 0) is 42.6 Å². The first-order chi connectivity index (χ1) is 10.4. The Morgan fingerprint density at radius 2 is 1.95 bits per heavy atom. The molecule has 3 heteroatoms. The molecule has 1 aliphatic carbocycles. The normalized spacial score (nSPS) is 30.2. The van der Waals surface area contributed by atoms with E-state index >= 15 is 0 Å². The molecule has 1 aromatic rings. The molecule has 0 saturated heterocycles. The number of aliphatic hydroxyl groups is 1. The van der Waals surface area contributed by atoms with E-state index in [2.05, 4.69) is 20.8 Å². The predicted octanol–water partition coefficient (Wildman–Crippen LogP) is 3.67. The first kappa shape index (κ1) is 17.0. The Bertz CT molecular complexity index is 499. The highest BCUT2D eigenvalue weighted by Crippen LogP contribution is 2.51. The molecule has 1 aliphatic rings. The summed E-state index contributed by atoms with van der Waals surface area (Å²) >= 11 is 0. The van der Waals surface area contributed by atoms with Gasteiger partial charge < -0.3 is 10.8 Å². The highest BCUT2D eigenvalue weighted by atomic mass is 16.3. The van der Waals surface area contributed by atoms with E-state index in [1.165, 1.54) is 0 Å². The SMILES string of the molecule is CC1CCC(C(C)C)C(CC(O)c2ccccc2)(C(N)=O)C1. The summed E-state index contributed by atoms with van der Waals surface area (Å²) in [7, 11) is 0. The van der Waals surface area contributed by atoms with Crippen molar-refractivity contribution in [2.45, 2.75) is 52.6 Å². The smallest absolute Gasteiger partial charge is 0.224 e. The van der Waals surface area contributed by atoms with Gasteiger partial charge in [-0.3, -0.25) is 4.79 Å². The van der Waals surface area contributed by atoms with Gasteiger partial charge in [-0.25, -0.2) is 0 Å². The molecule has 4 unspecified atom stereocenters. The lowest BCUT2D eigenvalue weighted by molar-refractivity contribution is -0.140. The molecule has 122 valence electrons. The van der Waals surface area contributed by atoms with E-state index in [0.717, 1.165) is 24.8 Å². The Morgan fingerprint density at radius 1 is 1.32 bits per heavy atom. The molecule has 0 heterocycles. The molecular formula is C19H29NO2. The van der Waals surface area contributed by atoms with Crippen LogP contribution >= 0.6 is 0 Å². The molecular weight excluding hydrogens is 274 g/mol. The zero-order chi connectivity index (χ0) is 16.3. The van der Waals surface area contributed by atoms with Crippen LogP contribution in [0.3, 0.4) is 0 Å². The monoisotopic (exact) mass is 303 g/mol. The van der Waals surface area contributed by atoms with Crippen molar-refractivity contribution in [2.24, 2.45) is 28.9 Å². The second kappa shape index (κ2) is 6.82. The van der Waals surface area contributed by atoms with Crippen LogP contribution in [0, 0.1) is 23.2 Å². The summed E-state index contributed by atoms with van der Waals surface area (Å²) in [6, 6.07) is 9.59. The Morgan fingerprint density at radius 3 is 2.50 bits per heavy atom. The van der Waals surface area contributed by atoms with Gasteiger partial charge in [0.15, 0.2) is 0 Å². The third kappa shape index (κ3) is 3.35. The number of hydrogen-bond acceptors (Lipinski definition) is 2. The molecule has 4 atom stereocenters. The lowest BCUT2D eigenvalue weighted by Crippen LogP contribution is -2.49. The van der Waals surface area contributed by atoms with Gasteiger partial charge >= 0.3 is 0 Å². The van der Waals surface area contributed by atoms with Crippen molar-refractivity contribution in [1.29, 1.82) is 0 Å². The fourth-order valence-corrected chi connectivity index (χ4v) is 4.34. The van der Waals surface area contributed by atoms with E-state index in [0.29, 0.717) is 18.3 Å². The standard InChI is InChI=1S/C19H29NO2/c1-13(2)16-10-9-14(3)11-19(16,18(20)22)12-17(21)15-7-5-4-6-8-15/h4-8,13-14,16-17,21H,9-12H2,1-3H3,(H2,20,22). The third-order valence-corrected chi connectivity index (χ3v) is 5.43. The summed E-state index contributed by atoms with van der Waals surface area (Å²) in [5.74, 6) is 0.876. The summed E-state index contributed by atoms with van der Waals surface area (Å²) in [5.41, 5.74) is 6.14. The number of aliphatic hydroxyl groups excluding tert-OH is 1. The summed E-state index contributed by atoms with van der Waals surface area (Å²) in [6.07, 6.45) is 2.73. The molecule has 1 fully saturated rings. The van der Waals surface area contributed by atoms with Crippen LogP contribution in [0.2, 0.25) is 0 Å². The molecule has 3 N–H and O–H groups in total. The zero-order valence-corrected chi connectivity index (χ0v) is 14.0. The maximum Gasteiger partial charge on any atom is 0.224 e. The zero-order valence-electron chi connectivity index (χ0n) is 14.0. The topological polar surface area (TPSA) is 63.3 Å². The quantitative estimate of drug-likeness (QED) is 0.871. The van der Waals surface area contributed by atoms with Crippen molar-refractivity contribution in [3.8, 4) is 0 Å². The number of carbonyl (C=O) groups is 1. The molecule has 0 aromatic heterocycles. The number of nitrogens with two attached hydrogens (primary N) is 1. The lowest BCUT2D eigenvalue weighted by atomic mass is 9.57. The highest BCUT2D eigenvalue weighted by Gasteiger charge is 2.49. The summed E-state index contributed by atoms with van der Waals surface area (Å²) in [4.78, 5) is 12.4. The number of carbonyl (C=O) groups excluding carboxylic acids is 1. The van der Waals surface area contributed by atoms with Crippen molar-refractivity contribution in [2.75, 3.05) is 0 Å². The summed E-state index contributed by atoms with van der Waals surface area (Å²) in [6.45, 7) is 6.50. The van der Waals surface area contributed by atoms with Gasteiger partial charge in [0, 0.05) is 0 Å². The van der Waals surface area contributed by atoms with Crippen molar-refractivity contribution < 1.29 is 9.90 Å². The predicted molar refractivity (Wildman–Crippen MR) is 89.0 cm³/mol. The van der Waals surface area contributed by atoms with Crippen LogP contribution in [0.4, 0.5) is 0 Å². The van der Waals surface area contributed by atoms with Crippen LogP contribution in [-0.2, 0) is 4.79 Å². The van der Waals surface area contributed by atoms with E-state index in [4.69, 9.17) is 5.73 Å². The average molecular weight is 303 g/mol. The summed E-state index contributed by atoms with van der Waals surface area (Å²) < 4.78 is 0. The van der Waals surface area contributed by atoms with Crippen LogP contribution in [0.25, 0.3) is 0 Å². The average Bonchev–Trinajstić information content (AvgIpc) is 2.47. The van der Waals surface area contributed by atoms with Crippen LogP contribution in [0.15, 0.2) is 30.3 Å². The number of amides is 1. The van der Waals surface area contributed by atoms with Gasteiger partial charge in [0.1, 0.15) is 0 Å². The fraction of sp³-hybridized carbons (Fsp3) is 0.632. The van der Waals surface area contributed by atoms with Crippen molar-refractivity contribution in [3.05, 3.63) is 35.9 Å². The van der Waals surface area contributed by atoms with Crippen LogP contribution in [0.1, 0.15) is 58.1 Å². The van der Waals surface area contributed by atoms with Gasteiger partial charge in [0.25, 0.3) is 0 Å². The van der Waals surface area contributed by atoms with Crippen molar-refractivity contribution >= 4 is 5.91 Å². The van der Waals surface area contributed by atoms with E-state index in [1.807, 2.05) is 30.3 Å². The van der Waals surface area contributed by atoms with Gasteiger partial charge in [-0.15, -0.1) is 0 Å². The first-order valence-corrected chi connectivity index (χ1v) is 8.39. The van der Waals surface area contributed by atoms with Crippen molar-refractivity contribution in [1.82, 2.24) is 0 Å². The molecule has 1 saturated carbocycles. The number of rotatable bonds is 5. The highest BCUT2D eigenvalue weighted by molar-refractivity contribution is 5.81. The van der Waals surface area contributed by atoms with Gasteiger partial charge in [0.2, 0.25) is 5.91 Å². The Balaban J connectivity index is 2.31. The maximum absolute atomic E-state index is 12.4. The van der Waals surface area contributed by atoms with Crippen LogP contribution in [-0.4, -0.2) is 11.0 Å². The molecule has 1 aromatic carbocycles. The van der Waals surface area contributed by atoms with Crippen LogP contribution < -0.4 is 5.73 Å². The first-order valence-electron chi connectivity index (χ1n) is 8.39. The van der Waals surface area contributed by atoms with Crippen LogP contribution in [0.5, 0.6) is 0 Å². The third-order valence-electron chi connectivity index (χ3n) is 5.43. The summed E-state index contributed by atoms with van der Waals surface area (Å²) in [5, 5.41) is 10.7. The number of benzene rings is 1. The van der Waals surface area contributed by atoms with Gasteiger partial charge in [-0.1, -0.05) is 57.5 Å². The lowest BCUT2D eigenvalue weighted by Gasteiger charge is -2.47.